The molecule has 2 aliphatic heterocycles. The van der Waals surface area contributed by atoms with Crippen LogP contribution in [0.1, 0.15) is 20.8 Å². The molecule has 36 heavy (non-hydrogen) atoms. The lowest BCUT2D eigenvalue weighted by Crippen LogP contribution is -2.43. The van der Waals surface area contributed by atoms with Crippen LogP contribution in [-0.2, 0) is 0 Å². The number of carbonyl (C=O) groups is 2. The first kappa shape index (κ1) is 23.8. The van der Waals surface area contributed by atoms with E-state index in [1.165, 1.54) is 6.20 Å². The summed E-state index contributed by atoms with van der Waals surface area (Å²) in [6, 6.07) is 18.8. The molecular weight excluding hydrogens is 454 g/mol. The van der Waals surface area contributed by atoms with E-state index < -0.39 is 0 Å². The van der Waals surface area contributed by atoms with Crippen LogP contribution in [0.2, 0.25) is 0 Å². The fourth-order valence-corrected chi connectivity index (χ4v) is 4.42. The van der Waals surface area contributed by atoms with Crippen molar-refractivity contribution in [1.82, 2.24) is 15.6 Å². The molecule has 0 radical (unpaired) electrons. The number of hydrogen-bond acceptors (Lipinski definition) is 7. The van der Waals surface area contributed by atoms with Crippen molar-refractivity contribution in [3.63, 3.8) is 0 Å². The van der Waals surface area contributed by atoms with E-state index in [1.54, 1.807) is 12.1 Å². The van der Waals surface area contributed by atoms with Gasteiger partial charge in [-0.05, 0) is 60.7 Å². The summed E-state index contributed by atoms with van der Waals surface area (Å²) >= 11 is 0. The standard InChI is InChI=1S/C27H31N7O2/c35-26(31-21-2-6-23(7-3-21)33-15-11-28-12-16-33)20-1-10-25(30-19-20)27(36)32-22-4-8-24(9-5-22)34-17-13-29-14-18-34/h1-10,19,28-29H,11-18H2,(H,31,35)(H,32,36). The molecule has 2 aromatic carbocycles. The van der Waals surface area contributed by atoms with E-state index in [2.05, 4.69) is 36.1 Å². The summed E-state index contributed by atoms with van der Waals surface area (Å²) in [5.41, 5.74) is 4.33. The van der Waals surface area contributed by atoms with E-state index in [9.17, 15) is 9.59 Å². The molecule has 4 N–H and O–H groups in total. The van der Waals surface area contributed by atoms with Crippen LogP contribution < -0.4 is 31.1 Å². The van der Waals surface area contributed by atoms with E-state index in [0.29, 0.717) is 16.9 Å². The van der Waals surface area contributed by atoms with Gasteiger partial charge in [0.1, 0.15) is 5.69 Å². The number of rotatable bonds is 6. The topological polar surface area (TPSA) is 102 Å². The van der Waals surface area contributed by atoms with Gasteiger partial charge in [-0.2, -0.15) is 0 Å². The minimum absolute atomic E-state index is 0.248. The lowest BCUT2D eigenvalue weighted by molar-refractivity contribution is 0.101. The number of nitrogens with zero attached hydrogens (tertiary/aromatic N) is 3. The highest BCUT2D eigenvalue weighted by molar-refractivity contribution is 6.06. The van der Waals surface area contributed by atoms with Gasteiger partial charge in [-0.3, -0.25) is 14.6 Å². The first-order valence-corrected chi connectivity index (χ1v) is 12.4. The van der Waals surface area contributed by atoms with Gasteiger partial charge in [0.25, 0.3) is 11.8 Å². The fraction of sp³-hybridized carbons (Fsp3) is 0.296. The van der Waals surface area contributed by atoms with Gasteiger partial charge in [-0.25, -0.2) is 0 Å². The lowest BCUT2D eigenvalue weighted by Gasteiger charge is -2.29. The quantitative estimate of drug-likeness (QED) is 0.425. The zero-order valence-electron chi connectivity index (χ0n) is 20.2. The summed E-state index contributed by atoms with van der Waals surface area (Å²) in [6.45, 7) is 7.78. The zero-order chi connectivity index (χ0) is 24.7. The second kappa shape index (κ2) is 11.2. The Morgan fingerprint density at radius 3 is 1.56 bits per heavy atom. The van der Waals surface area contributed by atoms with Crippen LogP contribution >= 0.6 is 0 Å². The van der Waals surface area contributed by atoms with Crippen LogP contribution in [0.25, 0.3) is 0 Å². The van der Waals surface area contributed by atoms with Crippen LogP contribution in [0.4, 0.5) is 22.7 Å². The summed E-state index contributed by atoms with van der Waals surface area (Å²) in [5, 5.41) is 12.4. The van der Waals surface area contributed by atoms with Crippen LogP contribution in [0, 0.1) is 0 Å². The molecule has 0 unspecified atom stereocenters. The van der Waals surface area contributed by atoms with Crippen molar-refractivity contribution in [2.75, 3.05) is 72.8 Å². The van der Waals surface area contributed by atoms with Crippen molar-refractivity contribution in [1.29, 1.82) is 0 Å². The van der Waals surface area contributed by atoms with Gasteiger partial charge in [0.15, 0.2) is 0 Å². The molecule has 0 bridgehead atoms. The Bertz CT molecular complexity index is 1070. The molecule has 186 valence electrons. The first-order chi connectivity index (χ1) is 17.7. The molecule has 2 saturated heterocycles. The highest BCUT2D eigenvalue weighted by Crippen LogP contribution is 2.20. The monoisotopic (exact) mass is 485 g/mol. The van der Waals surface area contributed by atoms with Gasteiger partial charge < -0.3 is 31.1 Å². The molecule has 5 rings (SSSR count). The predicted octanol–water partition coefficient (Wildman–Crippen LogP) is 2.41. The Hall–Kier alpha value is -3.95. The molecule has 0 aliphatic carbocycles. The van der Waals surface area contributed by atoms with Gasteiger partial charge in [0.2, 0.25) is 0 Å². The summed E-state index contributed by atoms with van der Waals surface area (Å²) < 4.78 is 0. The van der Waals surface area contributed by atoms with Crippen LogP contribution in [-0.4, -0.2) is 69.2 Å². The summed E-state index contributed by atoms with van der Waals surface area (Å²) in [7, 11) is 0. The fourth-order valence-electron chi connectivity index (χ4n) is 4.42. The van der Waals surface area contributed by atoms with Crippen molar-refractivity contribution in [2.45, 2.75) is 0 Å². The molecule has 0 atom stereocenters. The van der Waals surface area contributed by atoms with Crippen molar-refractivity contribution in [2.24, 2.45) is 0 Å². The van der Waals surface area contributed by atoms with Crippen LogP contribution in [0.3, 0.4) is 0 Å². The highest BCUT2D eigenvalue weighted by Gasteiger charge is 2.14. The molecule has 3 aromatic rings. The largest absolute Gasteiger partial charge is 0.369 e. The summed E-state index contributed by atoms with van der Waals surface area (Å²) in [6.07, 6.45) is 1.42. The van der Waals surface area contributed by atoms with Crippen molar-refractivity contribution < 1.29 is 9.59 Å². The average molecular weight is 486 g/mol. The minimum Gasteiger partial charge on any atom is -0.369 e. The highest BCUT2D eigenvalue weighted by atomic mass is 16.2. The Morgan fingerprint density at radius 1 is 0.639 bits per heavy atom. The Kier molecular flexibility index (Phi) is 7.39. The molecule has 2 aliphatic rings. The number of nitrogens with one attached hydrogen (secondary N) is 4. The number of piperazine rings is 2. The Balaban J connectivity index is 1.15. The predicted molar refractivity (Wildman–Crippen MR) is 143 cm³/mol. The van der Waals surface area contributed by atoms with Gasteiger partial charge >= 0.3 is 0 Å². The van der Waals surface area contributed by atoms with E-state index in [-0.39, 0.29) is 17.5 Å². The molecule has 3 heterocycles. The van der Waals surface area contributed by atoms with Crippen molar-refractivity contribution in [3.05, 3.63) is 78.1 Å². The molecule has 0 spiro atoms. The molecule has 9 nitrogen and oxygen atoms in total. The number of amides is 2. The SMILES string of the molecule is O=C(Nc1ccc(N2CCNCC2)cc1)c1ccc(C(=O)Nc2ccc(N3CCNCC3)cc2)nc1. The van der Waals surface area contributed by atoms with E-state index >= 15 is 0 Å². The molecule has 1 aromatic heterocycles. The number of carbonyl (C=O) groups excluding carboxylic acids is 2. The Labute approximate surface area is 210 Å². The molecule has 2 amide bonds. The first-order valence-electron chi connectivity index (χ1n) is 12.4. The Morgan fingerprint density at radius 2 is 1.11 bits per heavy atom. The number of anilines is 4. The minimum atomic E-state index is -0.319. The maximum Gasteiger partial charge on any atom is 0.274 e. The average Bonchev–Trinajstić information content (AvgIpc) is 2.95. The third-order valence-corrected chi connectivity index (χ3v) is 6.47. The molecule has 0 saturated carbocycles. The number of pyridine rings is 1. The molecule has 2 fully saturated rings. The molecular formula is C27H31N7O2. The van der Waals surface area contributed by atoms with Gasteiger partial charge in [-0.15, -0.1) is 0 Å². The van der Waals surface area contributed by atoms with E-state index in [1.807, 2.05) is 48.5 Å². The van der Waals surface area contributed by atoms with Gasteiger partial charge in [0, 0.05) is 81.3 Å². The van der Waals surface area contributed by atoms with Crippen molar-refractivity contribution in [3.8, 4) is 0 Å². The maximum absolute atomic E-state index is 12.7. The van der Waals surface area contributed by atoms with E-state index in [4.69, 9.17) is 0 Å². The lowest BCUT2D eigenvalue weighted by atomic mass is 10.2. The van der Waals surface area contributed by atoms with Gasteiger partial charge in [-0.1, -0.05) is 0 Å². The maximum atomic E-state index is 12.7. The smallest absolute Gasteiger partial charge is 0.274 e. The number of aromatic nitrogens is 1. The summed E-state index contributed by atoms with van der Waals surface area (Å²) in [4.78, 5) is 34.1. The second-order valence-corrected chi connectivity index (χ2v) is 8.91. The second-order valence-electron chi connectivity index (χ2n) is 8.91. The number of hydrogen-bond donors (Lipinski definition) is 4. The van der Waals surface area contributed by atoms with Crippen molar-refractivity contribution >= 4 is 34.6 Å². The zero-order valence-corrected chi connectivity index (χ0v) is 20.2. The summed E-state index contributed by atoms with van der Waals surface area (Å²) in [5.74, 6) is -0.590. The third-order valence-electron chi connectivity index (χ3n) is 6.47. The van der Waals surface area contributed by atoms with Crippen LogP contribution in [0.5, 0.6) is 0 Å². The molecule has 9 heteroatoms. The normalized spacial score (nSPS) is 15.9. The van der Waals surface area contributed by atoms with Crippen LogP contribution in [0.15, 0.2) is 66.9 Å². The van der Waals surface area contributed by atoms with E-state index in [0.717, 1.165) is 63.7 Å². The van der Waals surface area contributed by atoms with Gasteiger partial charge in [0.05, 0.1) is 5.56 Å². The number of benzene rings is 2. The third kappa shape index (κ3) is 5.81.